The Bertz CT molecular complexity index is 788. The number of nitrogens with zero attached hydrogens (tertiary/aromatic N) is 2. The van der Waals surface area contributed by atoms with Gasteiger partial charge in [0, 0.05) is 21.2 Å². The summed E-state index contributed by atoms with van der Waals surface area (Å²) in [6.07, 6.45) is 0. The van der Waals surface area contributed by atoms with E-state index in [1.165, 1.54) is 0 Å². The van der Waals surface area contributed by atoms with Gasteiger partial charge in [-0.15, -0.1) is 0 Å². The molecule has 0 aliphatic heterocycles. The monoisotopic (exact) mass is 358 g/mol. The Kier molecular flexibility index (Phi) is 4.04. The Morgan fingerprint density at radius 1 is 0.905 bits per heavy atom. The normalized spacial score (nSPS) is 10.6. The van der Waals surface area contributed by atoms with Crippen molar-refractivity contribution in [2.75, 3.05) is 0 Å². The molecule has 2 nitrogen and oxygen atoms in total. The van der Waals surface area contributed by atoms with Crippen molar-refractivity contribution < 1.29 is 0 Å². The van der Waals surface area contributed by atoms with Gasteiger partial charge in [-0.1, -0.05) is 76.1 Å². The molecule has 0 aliphatic carbocycles. The van der Waals surface area contributed by atoms with E-state index >= 15 is 0 Å². The van der Waals surface area contributed by atoms with E-state index in [-0.39, 0.29) is 0 Å². The lowest BCUT2D eigenvalue weighted by Crippen LogP contribution is -1.97. The first kappa shape index (κ1) is 14.2. The minimum atomic E-state index is 0.481. The second-order valence-electron chi connectivity index (χ2n) is 4.66. The zero-order valence-electron chi connectivity index (χ0n) is 11.3. The van der Waals surface area contributed by atoms with Crippen molar-refractivity contribution in [1.29, 1.82) is 0 Å². The summed E-state index contributed by atoms with van der Waals surface area (Å²) in [6.45, 7) is 1.94. The Balaban J connectivity index is 2.22. The summed E-state index contributed by atoms with van der Waals surface area (Å²) in [7, 11) is 0. The molecule has 104 valence electrons. The molecule has 3 aromatic rings. The second kappa shape index (κ2) is 5.96. The van der Waals surface area contributed by atoms with Crippen molar-refractivity contribution >= 4 is 27.5 Å². The molecule has 1 heterocycles. The van der Waals surface area contributed by atoms with Crippen LogP contribution in [-0.2, 0) is 0 Å². The number of benzene rings is 2. The SMILES string of the molecule is Cc1c(Cl)nc(-c2ccccc2Br)nc1-c1ccccc1. The lowest BCUT2D eigenvalue weighted by atomic mass is 10.1. The third kappa shape index (κ3) is 2.85. The van der Waals surface area contributed by atoms with Gasteiger partial charge >= 0.3 is 0 Å². The molecule has 0 spiro atoms. The smallest absolute Gasteiger partial charge is 0.162 e. The van der Waals surface area contributed by atoms with Crippen molar-refractivity contribution in [2.24, 2.45) is 0 Å². The maximum absolute atomic E-state index is 6.30. The molecule has 0 saturated heterocycles. The van der Waals surface area contributed by atoms with Crippen LogP contribution in [0.25, 0.3) is 22.6 Å². The molecule has 0 unspecified atom stereocenters. The first-order chi connectivity index (χ1) is 10.2. The molecule has 0 N–H and O–H groups in total. The molecular formula is C17H12BrClN2. The van der Waals surface area contributed by atoms with Gasteiger partial charge in [0.25, 0.3) is 0 Å². The molecule has 1 aromatic heterocycles. The quantitative estimate of drug-likeness (QED) is 0.562. The van der Waals surface area contributed by atoms with Crippen molar-refractivity contribution in [1.82, 2.24) is 9.97 Å². The van der Waals surface area contributed by atoms with Gasteiger partial charge in [0.2, 0.25) is 0 Å². The molecule has 0 radical (unpaired) electrons. The molecule has 0 saturated carbocycles. The van der Waals surface area contributed by atoms with Crippen LogP contribution in [0.2, 0.25) is 5.15 Å². The fraction of sp³-hybridized carbons (Fsp3) is 0.0588. The van der Waals surface area contributed by atoms with E-state index in [4.69, 9.17) is 16.6 Å². The van der Waals surface area contributed by atoms with Crippen LogP contribution in [0.1, 0.15) is 5.56 Å². The van der Waals surface area contributed by atoms with Gasteiger partial charge in [0.05, 0.1) is 5.69 Å². The molecule has 4 heteroatoms. The van der Waals surface area contributed by atoms with E-state index in [2.05, 4.69) is 20.9 Å². The van der Waals surface area contributed by atoms with Crippen LogP contribution >= 0.6 is 27.5 Å². The number of hydrogen-bond donors (Lipinski definition) is 0. The Hall–Kier alpha value is -1.71. The average molecular weight is 360 g/mol. The van der Waals surface area contributed by atoms with Crippen LogP contribution < -0.4 is 0 Å². The second-order valence-corrected chi connectivity index (χ2v) is 5.87. The highest BCUT2D eigenvalue weighted by molar-refractivity contribution is 9.10. The van der Waals surface area contributed by atoms with Gasteiger partial charge in [-0.25, -0.2) is 9.97 Å². The van der Waals surface area contributed by atoms with E-state index in [0.29, 0.717) is 11.0 Å². The molecule has 0 bridgehead atoms. The molecule has 0 atom stereocenters. The predicted molar refractivity (Wildman–Crippen MR) is 90.4 cm³/mol. The molecule has 0 fully saturated rings. The van der Waals surface area contributed by atoms with E-state index in [9.17, 15) is 0 Å². The standard InChI is InChI=1S/C17H12BrClN2/c1-11-15(12-7-3-2-4-8-12)20-17(21-16(11)19)13-9-5-6-10-14(13)18/h2-10H,1H3. The Morgan fingerprint density at radius 3 is 2.29 bits per heavy atom. The van der Waals surface area contributed by atoms with E-state index < -0.39 is 0 Å². The summed E-state index contributed by atoms with van der Waals surface area (Å²) in [5.41, 5.74) is 3.71. The molecule has 0 amide bonds. The molecule has 0 aliphatic rings. The van der Waals surface area contributed by atoms with Crippen LogP contribution in [0.4, 0.5) is 0 Å². The largest absolute Gasteiger partial charge is 0.228 e. The van der Waals surface area contributed by atoms with E-state index in [1.807, 2.05) is 61.5 Å². The van der Waals surface area contributed by atoms with Gasteiger partial charge in [-0.05, 0) is 13.0 Å². The molecule has 2 aromatic carbocycles. The summed E-state index contributed by atoms with van der Waals surface area (Å²) in [5, 5.41) is 0.481. The van der Waals surface area contributed by atoms with Crippen LogP contribution in [0.15, 0.2) is 59.1 Å². The molecule has 21 heavy (non-hydrogen) atoms. The Morgan fingerprint density at radius 2 is 1.57 bits per heavy atom. The average Bonchev–Trinajstić information content (AvgIpc) is 2.51. The summed E-state index contributed by atoms with van der Waals surface area (Å²) < 4.78 is 0.948. The van der Waals surface area contributed by atoms with Crippen LogP contribution in [0, 0.1) is 6.92 Å². The highest BCUT2D eigenvalue weighted by atomic mass is 79.9. The summed E-state index contributed by atoms with van der Waals surface area (Å²) in [4.78, 5) is 9.12. The van der Waals surface area contributed by atoms with Crippen molar-refractivity contribution in [3.05, 3.63) is 69.8 Å². The van der Waals surface area contributed by atoms with Crippen LogP contribution in [0.3, 0.4) is 0 Å². The minimum Gasteiger partial charge on any atom is -0.228 e. The van der Waals surface area contributed by atoms with Crippen molar-refractivity contribution in [3.63, 3.8) is 0 Å². The van der Waals surface area contributed by atoms with Gasteiger partial charge in [-0.3, -0.25) is 0 Å². The maximum atomic E-state index is 6.30. The van der Waals surface area contributed by atoms with Gasteiger partial charge in [0.15, 0.2) is 5.82 Å². The number of hydrogen-bond acceptors (Lipinski definition) is 2. The van der Waals surface area contributed by atoms with Gasteiger partial charge in [-0.2, -0.15) is 0 Å². The Labute approximate surface area is 137 Å². The van der Waals surface area contributed by atoms with Crippen LogP contribution in [0.5, 0.6) is 0 Å². The zero-order valence-corrected chi connectivity index (χ0v) is 13.7. The van der Waals surface area contributed by atoms with Crippen molar-refractivity contribution in [3.8, 4) is 22.6 Å². The van der Waals surface area contributed by atoms with Gasteiger partial charge in [0.1, 0.15) is 5.15 Å². The summed E-state index contributed by atoms with van der Waals surface area (Å²) >= 11 is 9.84. The molecule has 3 rings (SSSR count). The maximum Gasteiger partial charge on any atom is 0.162 e. The van der Waals surface area contributed by atoms with Gasteiger partial charge < -0.3 is 0 Å². The van der Waals surface area contributed by atoms with Crippen LogP contribution in [-0.4, -0.2) is 9.97 Å². The summed E-state index contributed by atoms with van der Waals surface area (Å²) in [5.74, 6) is 0.622. The number of aromatic nitrogens is 2. The fourth-order valence-electron chi connectivity index (χ4n) is 2.13. The molecular weight excluding hydrogens is 348 g/mol. The van der Waals surface area contributed by atoms with Crippen molar-refractivity contribution in [2.45, 2.75) is 6.92 Å². The minimum absolute atomic E-state index is 0.481. The topological polar surface area (TPSA) is 25.8 Å². The first-order valence-electron chi connectivity index (χ1n) is 6.51. The van der Waals surface area contributed by atoms with E-state index in [0.717, 1.165) is 26.9 Å². The highest BCUT2D eigenvalue weighted by Crippen LogP contribution is 2.31. The third-order valence-corrected chi connectivity index (χ3v) is 4.31. The lowest BCUT2D eigenvalue weighted by Gasteiger charge is -2.10. The summed E-state index contributed by atoms with van der Waals surface area (Å²) in [6, 6.07) is 17.9. The number of rotatable bonds is 2. The predicted octanol–water partition coefficient (Wildman–Crippen LogP) is 5.53. The van der Waals surface area contributed by atoms with E-state index in [1.54, 1.807) is 0 Å². The zero-order chi connectivity index (χ0) is 14.8. The first-order valence-corrected chi connectivity index (χ1v) is 7.68. The highest BCUT2D eigenvalue weighted by Gasteiger charge is 2.13. The lowest BCUT2D eigenvalue weighted by molar-refractivity contribution is 1.14. The number of halogens is 2. The fourth-order valence-corrected chi connectivity index (χ4v) is 2.76. The third-order valence-electron chi connectivity index (χ3n) is 3.25.